The number of hydrogen-bond donors (Lipinski definition) is 0. The van der Waals surface area contributed by atoms with Crippen LogP contribution >= 0.6 is 0 Å². The number of ether oxygens (including phenoxy) is 2. The molecule has 0 bridgehead atoms. The lowest BCUT2D eigenvalue weighted by Crippen LogP contribution is -2.25. The molecule has 0 N–H and O–H groups in total. The lowest BCUT2D eigenvalue weighted by Gasteiger charge is -2.32. The maximum absolute atomic E-state index is 6.00. The van der Waals surface area contributed by atoms with E-state index < -0.39 is 0 Å². The second-order valence-corrected chi connectivity index (χ2v) is 4.96. The van der Waals surface area contributed by atoms with Crippen LogP contribution in [0.2, 0.25) is 0 Å². The van der Waals surface area contributed by atoms with Gasteiger partial charge in [0.2, 0.25) is 0 Å². The van der Waals surface area contributed by atoms with Crippen LogP contribution in [0.25, 0.3) is 0 Å². The van der Waals surface area contributed by atoms with Gasteiger partial charge >= 0.3 is 0 Å². The van der Waals surface area contributed by atoms with Crippen molar-refractivity contribution in [2.75, 3.05) is 7.11 Å². The number of methoxy groups -OCH3 is 1. The summed E-state index contributed by atoms with van der Waals surface area (Å²) in [7, 11) is 1.62. The zero-order valence-electron chi connectivity index (χ0n) is 11.5. The maximum atomic E-state index is 6.00. The van der Waals surface area contributed by atoms with Crippen molar-refractivity contribution in [1.82, 2.24) is 0 Å². The third kappa shape index (κ3) is 3.88. The predicted molar refractivity (Wildman–Crippen MR) is 77.8 cm³/mol. The fraction of sp³-hybridized carbons (Fsp3) is 0.412. The lowest BCUT2D eigenvalue weighted by atomic mass is 9.81. The molecule has 2 atom stereocenters. The highest BCUT2D eigenvalue weighted by Crippen LogP contribution is 2.35. The molecule has 1 fully saturated rings. The zero-order valence-corrected chi connectivity index (χ0v) is 11.5. The summed E-state index contributed by atoms with van der Waals surface area (Å²) in [5.41, 5.74) is 1.37. The van der Waals surface area contributed by atoms with Crippen LogP contribution in [-0.2, 0) is 9.47 Å². The fourth-order valence-corrected chi connectivity index (χ4v) is 2.70. The zero-order chi connectivity index (χ0) is 13.5. The van der Waals surface area contributed by atoms with Crippen molar-refractivity contribution in [1.29, 1.82) is 0 Å². The van der Waals surface area contributed by atoms with Gasteiger partial charge in [-0.25, -0.2) is 0 Å². The molecule has 1 aromatic rings. The summed E-state index contributed by atoms with van der Waals surface area (Å²) in [6.45, 7) is 3.93. The molecule has 2 nitrogen and oxygen atoms in total. The summed E-state index contributed by atoms with van der Waals surface area (Å²) in [6.07, 6.45) is 8.40. The first-order chi connectivity index (χ1) is 9.31. The third-order valence-electron chi connectivity index (χ3n) is 3.62. The molecule has 1 aromatic carbocycles. The van der Waals surface area contributed by atoms with E-state index in [1.807, 2.05) is 0 Å². The topological polar surface area (TPSA) is 18.5 Å². The van der Waals surface area contributed by atoms with Gasteiger partial charge in [0.1, 0.15) is 11.9 Å². The first-order valence-electron chi connectivity index (χ1n) is 6.91. The first kappa shape index (κ1) is 13.7. The summed E-state index contributed by atoms with van der Waals surface area (Å²) < 4.78 is 10.9. The second kappa shape index (κ2) is 7.03. The van der Waals surface area contributed by atoms with E-state index in [1.54, 1.807) is 19.4 Å². The molecule has 0 saturated heterocycles. The minimum atomic E-state index is 0.227. The Labute approximate surface area is 115 Å². The summed E-state index contributed by atoms with van der Waals surface area (Å²) in [5, 5.41) is 0. The molecule has 0 unspecified atom stereocenters. The minimum absolute atomic E-state index is 0.227. The highest BCUT2D eigenvalue weighted by atomic mass is 16.5. The van der Waals surface area contributed by atoms with Gasteiger partial charge in [-0.05, 0) is 24.8 Å². The average molecular weight is 258 g/mol. The van der Waals surface area contributed by atoms with Gasteiger partial charge in [0.15, 0.2) is 0 Å². The molecular weight excluding hydrogens is 236 g/mol. The van der Waals surface area contributed by atoms with Gasteiger partial charge in [0.05, 0.1) is 13.4 Å². The van der Waals surface area contributed by atoms with Crippen LogP contribution in [0, 0.1) is 0 Å². The Hall–Kier alpha value is -1.70. The van der Waals surface area contributed by atoms with Crippen LogP contribution in [0.3, 0.4) is 0 Å². The predicted octanol–water partition coefficient (Wildman–Crippen LogP) is 4.40. The number of benzene rings is 1. The number of allylic oxidation sites excluding steroid dienone is 1. The van der Waals surface area contributed by atoms with E-state index in [0.29, 0.717) is 11.7 Å². The molecule has 0 spiro atoms. The van der Waals surface area contributed by atoms with E-state index in [-0.39, 0.29) is 6.10 Å². The quantitative estimate of drug-likeness (QED) is 0.575. The van der Waals surface area contributed by atoms with Crippen molar-refractivity contribution in [2.24, 2.45) is 0 Å². The first-order valence-corrected chi connectivity index (χ1v) is 6.91. The molecular formula is C17H22O2. The van der Waals surface area contributed by atoms with Gasteiger partial charge in [-0.2, -0.15) is 0 Å². The molecule has 19 heavy (non-hydrogen) atoms. The molecule has 0 heterocycles. The fourth-order valence-electron chi connectivity index (χ4n) is 2.70. The molecule has 2 rings (SSSR count). The van der Waals surface area contributed by atoms with E-state index >= 15 is 0 Å². The normalized spacial score (nSPS) is 23.2. The van der Waals surface area contributed by atoms with Crippen molar-refractivity contribution in [2.45, 2.75) is 37.7 Å². The lowest BCUT2D eigenvalue weighted by molar-refractivity contribution is 0.0704. The SMILES string of the molecule is C=C(/C=C/OC)O[C@@H]1CCCC[C@H]1c1ccccc1. The summed E-state index contributed by atoms with van der Waals surface area (Å²) in [4.78, 5) is 0. The molecule has 1 aliphatic rings. The van der Waals surface area contributed by atoms with Crippen LogP contribution in [0.15, 0.2) is 55.0 Å². The summed E-state index contributed by atoms with van der Waals surface area (Å²) >= 11 is 0. The summed E-state index contributed by atoms with van der Waals surface area (Å²) in [6, 6.07) is 10.6. The molecule has 1 aliphatic carbocycles. The van der Waals surface area contributed by atoms with E-state index in [2.05, 4.69) is 36.9 Å². The van der Waals surface area contributed by atoms with Gasteiger partial charge < -0.3 is 9.47 Å². The van der Waals surface area contributed by atoms with Crippen LogP contribution in [-0.4, -0.2) is 13.2 Å². The van der Waals surface area contributed by atoms with Crippen molar-refractivity contribution in [3.63, 3.8) is 0 Å². The van der Waals surface area contributed by atoms with Crippen LogP contribution < -0.4 is 0 Å². The van der Waals surface area contributed by atoms with Gasteiger partial charge in [0, 0.05) is 12.0 Å². The second-order valence-electron chi connectivity index (χ2n) is 4.96. The Kier molecular flexibility index (Phi) is 5.08. The van der Waals surface area contributed by atoms with Crippen molar-refractivity contribution < 1.29 is 9.47 Å². The smallest absolute Gasteiger partial charge is 0.115 e. The molecule has 0 radical (unpaired) electrons. The van der Waals surface area contributed by atoms with Gasteiger partial charge in [-0.1, -0.05) is 43.3 Å². The Morgan fingerprint density at radius 3 is 2.68 bits per heavy atom. The van der Waals surface area contributed by atoms with E-state index in [0.717, 1.165) is 6.42 Å². The summed E-state index contributed by atoms with van der Waals surface area (Å²) in [5.74, 6) is 1.15. The average Bonchev–Trinajstić information content (AvgIpc) is 2.46. The van der Waals surface area contributed by atoms with Crippen molar-refractivity contribution in [3.05, 3.63) is 60.6 Å². The Balaban J connectivity index is 2.04. The molecule has 0 aliphatic heterocycles. The van der Waals surface area contributed by atoms with Crippen molar-refractivity contribution >= 4 is 0 Å². The molecule has 0 amide bonds. The molecule has 102 valence electrons. The number of rotatable bonds is 5. The van der Waals surface area contributed by atoms with Crippen LogP contribution in [0.1, 0.15) is 37.2 Å². The molecule has 1 saturated carbocycles. The minimum Gasteiger partial charge on any atom is -0.504 e. The van der Waals surface area contributed by atoms with Gasteiger partial charge in [-0.15, -0.1) is 0 Å². The Morgan fingerprint density at radius 2 is 1.95 bits per heavy atom. The van der Waals surface area contributed by atoms with Crippen LogP contribution in [0.4, 0.5) is 0 Å². The largest absolute Gasteiger partial charge is 0.504 e. The Bertz CT molecular complexity index is 422. The monoisotopic (exact) mass is 258 g/mol. The molecule has 0 aromatic heterocycles. The highest BCUT2D eigenvalue weighted by molar-refractivity contribution is 5.22. The van der Waals surface area contributed by atoms with Crippen molar-refractivity contribution in [3.8, 4) is 0 Å². The van der Waals surface area contributed by atoms with E-state index in [9.17, 15) is 0 Å². The number of hydrogen-bond acceptors (Lipinski definition) is 2. The van der Waals surface area contributed by atoms with E-state index in [1.165, 1.54) is 24.8 Å². The standard InChI is InChI=1S/C17H22O2/c1-14(12-13-18-2)19-17-11-7-6-10-16(17)15-8-4-3-5-9-15/h3-5,8-9,12-13,16-17H,1,6-7,10-11H2,2H3/b13-12+/t16-,17+/m0/s1. The Morgan fingerprint density at radius 1 is 1.21 bits per heavy atom. The maximum Gasteiger partial charge on any atom is 0.115 e. The third-order valence-corrected chi connectivity index (χ3v) is 3.62. The van der Waals surface area contributed by atoms with Crippen LogP contribution in [0.5, 0.6) is 0 Å². The highest BCUT2D eigenvalue weighted by Gasteiger charge is 2.27. The van der Waals surface area contributed by atoms with Gasteiger partial charge in [0.25, 0.3) is 0 Å². The van der Waals surface area contributed by atoms with E-state index in [4.69, 9.17) is 9.47 Å². The molecule has 2 heteroatoms. The van der Waals surface area contributed by atoms with Gasteiger partial charge in [-0.3, -0.25) is 0 Å².